The van der Waals surface area contributed by atoms with Gasteiger partial charge in [-0.05, 0) is 5.56 Å². The van der Waals surface area contributed by atoms with Crippen LogP contribution in [0, 0.1) is 0 Å². The summed E-state index contributed by atoms with van der Waals surface area (Å²) in [7, 11) is 0. The normalized spacial score (nSPS) is 15.9. The van der Waals surface area contributed by atoms with Crippen molar-refractivity contribution in [2.45, 2.75) is 6.04 Å². The van der Waals surface area contributed by atoms with Gasteiger partial charge in [0.2, 0.25) is 5.91 Å². The highest BCUT2D eigenvalue weighted by Crippen LogP contribution is 2.11. The summed E-state index contributed by atoms with van der Waals surface area (Å²) in [6.07, 6.45) is 0. The lowest BCUT2D eigenvalue weighted by Gasteiger charge is -2.18. The molecule has 0 bridgehead atoms. The molecule has 7 heteroatoms. The number of imide groups is 1. The molecule has 0 aliphatic carbocycles. The maximum atomic E-state index is 11.8. The Bertz CT molecular complexity index is 502. The Labute approximate surface area is 115 Å². The molecule has 1 aliphatic heterocycles. The predicted octanol–water partition coefficient (Wildman–Crippen LogP) is -0.612. The molecule has 1 saturated heterocycles. The molecule has 1 aromatic rings. The molecule has 1 heterocycles. The first-order chi connectivity index (χ1) is 9.61. The fourth-order valence-electron chi connectivity index (χ4n) is 1.92. The summed E-state index contributed by atoms with van der Waals surface area (Å²) in [6.45, 7) is -0.710. The van der Waals surface area contributed by atoms with Gasteiger partial charge in [-0.3, -0.25) is 14.5 Å². The lowest BCUT2D eigenvalue weighted by molar-refractivity contribution is -0.131. The number of rotatable bonds is 5. The van der Waals surface area contributed by atoms with E-state index in [9.17, 15) is 19.5 Å². The van der Waals surface area contributed by atoms with Gasteiger partial charge in [0, 0.05) is 0 Å². The van der Waals surface area contributed by atoms with Crippen molar-refractivity contribution in [1.29, 1.82) is 0 Å². The van der Waals surface area contributed by atoms with E-state index in [-0.39, 0.29) is 19.7 Å². The zero-order valence-electron chi connectivity index (χ0n) is 10.7. The van der Waals surface area contributed by atoms with Crippen LogP contribution in [0.4, 0.5) is 4.79 Å². The number of benzene rings is 1. The topological polar surface area (TPSA) is 98.7 Å². The number of urea groups is 1. The Morgan fingerprint density at radius 1 is 1.35 bits per heavy atom. The van der Waals surface area contributed by atoms with E-state index >= 15 is 0 Å². The van der Waals surface area contributed by atoms with E-state index in [2.05, 4.69) is 10.6 Å². The van der Waals surface area contributed by atoms with E-state index in [0.29, 0.717) is 0 Å². The summed E-state index contributed by atoms with van der Waals surface area (Å²) in [5.41, 5.74) is 0.751. The third-order valence-corrected chi connectivity index (χ3v) is 2.96. The van der Waals surface area contributed by atoms with Gasteiger partial charge in [0.05, 0.1) is 19.2 Å². The molecule has 7 nitrogen and oxygen atoms in total. The lowest BCUT2D eigenvalue weighted by Crippen LogP contribution is -2.42. The maximum Gasteiger partial charge on any atom is 0.325 e. The Hall–Kier alpha value is -2.41. The Kier molecular flexibility index (Phi) is 4.31. The molecule has 4 amide bonds. The number of carbonyl (C=O) groups excluding carboxylic acids is 3. The molecule has 0 unspecified atom stereocenters. The zero-order chi connectivity index (χ0) is 14.5. The molecule has 106 valence electrons. The molecule has 0 spiro atoms. The van der Waals surface area contributed by atoms with Gasteiger partial charge in [-0.15, -0.1) is 0 Å². The predicted molar refractivity (Wildman–Crippen MR) is 69.5 cm³/mol. The Balaban J connectivity index is 1.96. The van der Waals surface area contributed by atoms with Gasteiger partial charge in [-0.1, -0.05) is 30.3 Å². The van der Waals surface area contributed by atoms with Crippen molar-refractivity contribution < 1.29 is 19.5 Å². The van der Waals surface area contributed by atoms with Crippen LogP contribution in [0.2, 0.25) is 0 Å². The second kappa shape index (κ2) is 6.16. The van der Waals surface area contributed by atoms with Crippen molar-refractivity contribution in [3.8, 4) is 0 Å². The minimum atomic E-state index is -0.578. The third kappa shape index (κ3) is 3.12. The van der Waals surface area contributed by atoms with Crippen molar-refractivity contribution in [1.82, 2.24) is 15.5 Å². The highest BCUT2D eigenvalue weighted by Gasteiger charge is 2.30. The van der Waals surface area contributed by atoms with Gasteiger partial charge in [0.15, 0.2) is 0 Å². The van der Waals surface area contributed by atoms with E-state index < -0.39 is 23.9 Å². The van der Waals surface area contributed by atoms with Crippen molar-refractivity contribution in [3.05, 3.63) is 35.9 Å². The van der Waals surface area contributed by atoms with Crippen molar-refractivity contribution in [2.24, 2.45) is 0 Å². The van der Waals surface area contributed by atoms with Crippen LogP contribution in [0.5, 0.6) is 0 Å². The average Bonchev–Trinajstić information content (AvgIpc) is 2.77. The molecule has 1 aliphatic rings. The van der Waals surface area contributed by atoms with E-state index in [1.807, 2.05) is 6.07 Å². The smallest absolute Gasteiger partial charge is 0.325 e. The molecule has 0 saturated carbocycles. The van der Waals surface area contributed by atoms with Crippen molar-refractivity contribution in [3.63, 3.8) is 0 Å². The number of amides is 4. The number of aliphatic hydroxyl groups excluding tert-OH is 1. The maximum absolute atomic E-state index is 11.8. The van der Waals surface area contributed by atoms with Gasteiger partial charge in [0.25, 0.3) is 5.91 Å². The van der Waals surface area contributed by atoms with Gasteiger partial charge in [-0.25, -0.2) is 4.79 Å². The first kappa shape index (κ1) is 14.0. The van der Waals surface area contributed by atoms with E-state index in [0.717, 1.165) is 10.5 Å². The van der Waals surface area contributed by atoms with Crippen LogP contribution >= 0.6 is 0 Å². The molecule has 2 rings (SSSR count). The van der Waals surface area contributed by atoms with Crippen LogP contribution in [0.15, 0.2) is 30.3 Å². The van der Waals surface area contributed by atoms with Crippen molar-refractivity contribution >= 4 is 17.8 Å². The summed E-state index contributed by atoms with van der Waals surface area (Å²) in [5, 5.41) is 14.2. The zero-order valence-corrected chi connectivity index (χ0v) is 10.7. The number of hydrogen-bond donors (Lipinski definition) is 3. The number of carbonyl (C=O) groups is 3. The summed E-state index contributed by atoms with van der Waals surface area (Å²) < 4.78 is 0. The Morgan fingerprint density at radius 3 is 2.60 bits per heavy atom. The fraction of sp³-hybridized carbons (Fsp3) is 0.308. The molecule has 1 atom stereocenters. The first-order valence-corrected chi connectivity index (χ1v) is 6.15. The van der Waals surface area contributed by atoms with Crippen LogP contribution < -0.4 is 10.6 Å². The molecular weight excluding hydrogens is 262 g/mol. The number of nitrogens with zero attached hydrogens (tertiary/aromatic N) is 1. The van der Waals surface area contributed by atoms with E-state index in [1.54, 1.807) is 24.3 Å². The number of nitrogens with one attached hydrogen (secondary N) is 2. The highest BCUT2D eigenvalue weighted by molar-refractivity contribution is 6.04. The third-order valence-electron chi connectivity index (χ3n) is 2.96. The number of hydrogen-bond acceptors (Lipinski definition) is 4. The largest absolute Gasteiger partial charge is 0.394 e. The molecular formula is C13H15N3O4. The highest BCUT2D eigenvalue weighted by atomic mass is 16.3. The van der Waals surface area contributed by atoms with Crippen LogP contribution in [0.25, 0.3) is 0 Å². The van der Waals surface area contributed by atoms with Crippen LogP contribution in [0.1, 0.15) is 11.6 Å². The van der Waals surface area contributed by atoms with E-state index in [4.69, 9.17) is 0 Å². The fourth-order valence-corrected chi connectivity index (χ4v) is 1.92. The van der Waals surface area contributed by atoms with Crippen LogP contribution in [-0.4, -0.2) is 47.5 Å². The van der Waals surface area contributed by atoms with Gasteiger partial charge >= 0.3 is 6.03 Å². The minimum Gasteiger partial charge on any atom is -0.394 e. The summed E-state index contributed by atoms with van der Waals surface area (Å²) in [5.74, 6) is -0.941. The molecule has 0 aromatic heterocycles. The summed E-state index contributed by atoms with van der Waals surface area (Å²) >= 11 is 0. The van der Waals surface area contributed by atoms with Gasteiger partial charge in [0.1, 0.15) is 6.54 Å². The van der Waals surface area contributed by atoms with Crippen LogP contribution in [-0.2, 0) is 9.59 Å². The van der Waals surface area contributed by atoms with Gasteiger partial charge < -0.3 is 15.7 Å². The first-order valence-electron chi connectivity index (χ1n) is 6.15. The SMILES string of the molecule is O=C(CN1C(=O)CNC1=O)N[C@@H](CO)c1ccccc1. The van der Waals surface area contributed by atoms with E-state index in [1.165, 1.54) is 0 Å². The molecule has 0 radical (unpaired) electrons. The monoisotopic (exact) mass is 277 g/mol. The molecule has 3 N–H and O–H groups in total. The van der Waals surface area contributed by atoms with Crippen LogP contribution in [0.3, 0.4) is 0 Å². The molecule has 20 heavy (non-hydrogen) atoms. The second-order valence-electron chi connectivity index (χ2n) is 4.35. The standard InChI is InChI=1S/C13H15N3O4/c17-8-10(9-4-2-1-3-5-9)15-11(18)7-16-12(19)6-14-13(16)20/h1-5,10,17H,6-8H2,(H,14,20)(H,15,18)/t10-/m0/s1. The number of aliphatic hydroxyl groups is 1. The van der Waals surface area contributed by atoms with Crippen molar-refractivity contribution in [2.75, 3.05) is 19.7 Å². The summed E-state index contributed by atoms with van der Waals surface area (Å²) in [4.78, 5) is 35.3. The van der Waals surface area contributed by atoms with Gasteiger partial charge in [-0.2, -0.15) is 0 Å². The molecule has 1 aromatic carbocycles. The summed E-state index contributed by atoms with van der Waals surface area (Å²) in [6, 6.07) is 7.81. The lowest BCUT2D eigenvalue weighted by atomic mass is 10.1. The molecule has 1 fully saturated rings. The quantitative estimate of drug-likeness (QED) is 0.625. The minimum absolute atomic E-state index is 0.0891. The second-order valence-corrected chi connectivity index (χ2v) is 4.35. The average molecular weight is 277 g/mol. The Morgan fingerprint density at radius 2 is 2.05 bits per heavy atom.